The molecule has 3 rings (SSSR count). The normalized spacial score (nSPS) is 18.4. The predicted molar refractivity (Wildman–Crippen MR) is 92.9 cm³/mol. The zero-order valence-electron chi connectivity index (χ0n) is 13.6. The van der Waals surface area contributed by atoms with Gasteiger partial charge >= 0.3 is 0 Å². The molecule has 1 saturated heterocycles. The van der Waals surface area contributed by atoms with Crippen molar-refractivity contribution in [1.82, 2.24) is 9.80 Å². The summed E-state index contributed by atoms with van der Waals surface area (Å²) in [5.74, 6) is 3.71. The van der Waals surface area contributed by atoms with Crippen LogP contribution in [0.1, 0.15) is 23.2 Å². The minimum atomic E-state index is -0.0323. The molecule has 1 fully saturated rings. The van der Waals surface area contributed by atoms with Gasteiger partial charge in [-0.2, -0.15) is 0 Å². The second kappa shape index (κ2) is 7.78. The molecule has 0 N–H and O–H groups in total. The van der Waals surface area contributed by atoms with Gasteiger partial charge in [0, 0.05) is 38.2 Å². The lowest BCUT2D eigenvalue weighted by molar-refractivity contribution is 0.0761. The molecule has 0 atom stereocenters. The molecule has 5 nitrogen and oxygen atoms in total. The molecule has 2 heterocycles. The molecular formula is C18H21ClN2O3. The molecule has 0 aliphatic carbocycles. The van der Waals surface area contributed by atoms with Crippen LogP contribution in [0.15, 0.2) is 12.1 Å². The van der Waals surface area contributed by atoms with Crippen molar-refractivity contribution in [2.45, 2.75) is 12.8 Å². The molecule has 1 aromatic carbocycles. The number of hydrogen-bond donors (Lipinski definition) is 0. The Bertz CT molecular complexity index is 656. The van der Waals surface area contributed by atoms with Gasteiger partial charge in [-0.1, -0.05) is 17.5 Å². The number of carbonyl (C=O) groups is 1. The Labute approximate surface area is 147 Å². The van der Waals surface area contributed by atoms with Crippen LogP contribution in [0.5, 0.6) is 11.5 Å². The monoisotopic (exact) mass is 348 g/mol. The molecule has 2 aliphatic rings. The van der Waals surface area contributed by atoms with E-state index in [0.717, 1.165) is 25.9 Å². The van der Waals surface area contributed by atoms with Gasteiger partial charge in [0.15, 0.2) is 11.5 Å². The number of fused-ring (bicyclic) bond motifs is 1. The van der Waals surface area contributed by atoms with Crippen LogP contribution in [0.4, 0.5) is 0 Å². The topological polar surface area (TPSA) is 42.0 Å². The number of carbonyl (C=O) groups excluding carboxylic acids is 1. The SMILES string of the molecule is C#CCN1CCCN(C(=O)c2cc(Cl)c3c(c2)OCCCO3)CC1. The van der Waals surface area contributed by atoms with Gasteiger partial charge in [0.1, 0.15) is 0 Å². The number of amides is 1. The Morgan fingerprint density at radius 3 is 2.83 bits per heavy atom. The zero-order valence-corrected chi connectivity index (χ0v) is 14.3. The number of halogens is 1. The summed E-state index contributed by atoms with van der Waals surface area (Å²) < 4.78 is 11.3. The quantitative estimate of drug-likeness (QED) is 0.769. The summed E-state index contributed by atoms with van der Waals surface area (Å²) >= 11 is 6.29. The van der Waals surface area contributed by atoms with Crippen molar-refractivity contribution < 1.29 is 14.3 Å². The number of nitrogens with zero attached hydrogens (tertiary/aromatic N) is 2. The highest BCUT2D eigenvalue weighted by Gasteiger charge is 2.23. The molecule has 2 aliphatic heterocycles. The van der Waals surface area contributed by atoms with Crippen LogP contribution in [-0.4, -0.2) is 61.6 Å². The minimum Gasteiger partial charge on any atom is -0.489 e. The van der Waals surface area contributed by atoms with E-state index in [2.05, 4.69) is 10.8 Å². The van der Waals surface area contributed by atoms with E-state index in [-0.39, 0.29) is 5.91 Å². The lowest BCUT2D eigenvalue weighted by Gasteiger charge is -2.22. The van der Waals surface area contributed by atoms with E-state index in [1.54, 1.807) is 12.1 Å². The summed E-state index contributed by atoms with van der Waals surface area (Å²) in [6.07, 6.45) is 7.08. The highest BCUT2D eigenvalue weighted by atomic mass is 35.5. The summed E-state index contributed by atoms with van der Waals surface area (Å²) in [5.41, 5.74) is 0.537. The van der Waals surface area contributed by atoms with Crippen molar-refractivity contribution in [2.24, 2.45) is 0 Å². The first-order valence-electron chi connectivity index (χ1n) is 8.23. The van der Waals surface area contributed by atoms with Crippen molar-refractivity contribution in [2.75, 3.05) is 45.9 Å². The Morgan fingerprint density at radius 2 is 2.00 bits per heavy atom. The van der Waals surface area contributed by atoms with E-state index in [4.69, 9.17) is 27.5 Å². The van der Waals surface area contributed by atoms with Gasteiger partial charge in [0.2, 0.25) is 0 Å². The van der Waals surface area contributed by atoms with Crippen molar-refractivity contribution >= 4 is 17.5 Å². The van der Waals surface area contributed by atoms with Crippen molar-refractivity contribution in [3.05, 3.63) is 22.7 Å². The van der Waals surface area contributed by atoms with E-state index in [0.29, 0.717) is 54.9 Å². The lowest BCUT2D eigenvalue weighted by atomic mass is 10.1. The number of hydrogen-bond acceptors (Lipinski definition) is 4. The molecule has 0 saturated carbocycles. The van der Waals surface area contributed by atoms with E-state index in [1.165, 1.54) is 0 Å². The summed E-state index contributed by atoms with van der Waals surface area (Å²) in [7, 11) is 0. The molecule has 0 radical (unpaired) electrons. The maximum absolute atomic E-state index is 12.9. The number of benzene rings is 1. The maximum atomic E-state index is 12.9. The Hall–Kier alpha value is -1.90. The van der Waals surface area contributed by atoms with Gasteiger partial charge in [0.25, 0.3) is 5.91 Å². The molecule has 1 amide bonds. The molecule has 1 aromatic rings. The summed E-state index contributed by atoms with van der Waals surface area (Å²) in [6.45, 7) is 4.82. The molecule has 0 bridgehead atoms. The van der Waals surface area contributed by atoms with Gasteiger partial charge in [0.05, 0.1) is 24.8 Å². The summed E-state index contributed by atoms with van der Waals surface area (Å²) in [4.78, 5) is 16.9. The Balaban J connectivity index is 1.76. The first-order chi connectivity index (χ1) is 11.7. The van der Waals surface area contributed by atoms with Crippen molar-refractivity contribution in [3.8, 4) is 23.8 Å². The number of rotatable bonds is 2. The van der Waals surface area contributed by atoms with Crippen LogP contribution in [-0.2, 0) is 0 Å². The van der Waals surface area contributed by atoms with Gasteiger partial charge in [-0.15, -0.1) is 6.42 Å². The Morgan fingerprint density at radius 1 is 1.17 bits per heavy atom. The second-order valence-corrected chi connectivity index (χ2v) is 6.37. The molecular weight excluding hydrogens is 328 g/mol. The largest absolute Gasteiger partial charge is 0.489 e. The van der Waals surface area contributed by atoms with Crippen LogP contribution >= 0.6 is 11.6 Å². The predicted octanol–water partition coefficient (Wildman–Crippen LogP) is 2.28. The lowest BCUT2D eigenvalue weighted by Crippen LogP contribution is -2.35. The van der Waals surface area contributed by atoms with Crippen LogP contribution in [0.2, 0.25) is 5.02 Å². The van der Waals surface area contributed by atoms with Crippen molar-refractivity contribution in [3.63, 3.8) is 0 Å². The third-order valence-corrected chi connectivity index (χ3v) is 4.52. The fraction of sp³-hybridized carbons (Fsp3) is 0.500. The minimum absolute atomic E-state index is 0.0323. The maximum Gasteiger partial charge on any atom is 0.254 e. The molecule has 0 aromatic heterocycles. The zero-order chi connectivity index (χ0) is 16.9. The van der Waals surface area contributed by atoms with Gasteiger partial charge in [-0.25, -0.2) is 0 Å². The highest BCUT2D eigenvalue weighted by molar-refractivity contribution is 6.32. The van der Waals surface area contributed by atoms with Crippen LogP contribution in [0.3, 0.4) is 0 Å². The average molecular weight is 349 g/mol. The summed E-state index contributed by atoms with van der Waals surface area (Å²) in [6, 6.07) is 3.40. The number of ether oxygens (including phenoxy) is 2. The summed E-state index contributed by atoms with van der Waals surface area (Å²) in [5, 5.41) is 0.418. The number of terminal acetylenes is 1. The van der Waals surface area contributed by atoms with Gasteiger partial charge in [-0.05, 0) is 18.6 Å². The van der Waals surface area contributed by atoms with E-state index < -0.39 is 0 Å². The first-order valence-corrected chi connectivity index (χ1v) is 8.61. The fourth-order valence-corrected chi connectivity index (χ4v) is 3.26. The fourth-order valence-electron chi connectivity index (χ4n) is 3.00. The Kier molecular flexibility index (Phi) is 5.49. The molecule has 24 heavy (non-hydrogen) atoms. The molecule has 128 valence electrons. The van der Waals surface area contributed by atoms with Crippen LogP contribution < -0.4 is 9.47 Å². The third kappa shape index (κ3) is 3.77. The smallest absolute Gasteiger partial charge is 0.254 e. The highest BCUT2D eigenvalue weighted by Crippen LogP contribution is 2.38. The second-order valence-electron chi connectivity index (χ2n) is 5.96. The molecule has 0 spiro atoms. The van der Waals surface area contributed by atoms with E-state index >= 15 is 0 Å². The first kappa shape index (κ1) is 16.9. The standard InChI is InChI=1S/C18H21ClN2O3/c1-2-5-20-6-3-7-21(9-8-20)18(22)14-12-15(19)17-16(13-14)23-10-4-11-24-17/h1,12-13H,3-11H2. The molecule has 0 unspecified atom stereocenters. The van der Waals surface area contributed by atoms with Gasteiger partial charge < -0.3 is 14.4 Å². The molecule has 6 heteroatoms. The average Bonchev–Trinajstić information content (AvgIpc) is 2.95. The third-order valence-electron chi connectivity index (χ3n) is 4.24. The van der Waals surface area contributed by atoms with E-state index in [9.17, 15) is 4.79 Å². The van der Waals surface area contributed by atoms with Crippen molar-refractivity contribution in [1.29, 1.82) is 0 Å². The van der Waals surface area contributed by atoms with Gasteiger partial charge in [-0.3, -0.25) is 9.69 Å². The van der Waals surface area contributed by atoms with Crippen LogP contribution in [0, 0.1) is 12.3 Å². The van der Waals surface area contributed by atoms with Crippen LogP contribution in [0.25, 0.3) is 0 Å². The van der Waals surface area contributed by atoms with E-state index in [1.807, 2.05) is 4.90 Å².